The first-order valence-electron chi connectivity index (χ1n) is 9.01. The average Bonchev–Trinajstić information content (AvgIpc) is 3.31. The molecule has 0 aromatic heterocycles. The Labute approximate surface area is 170 Å². The predicted octanol–water partition coefficient (Wildman–Crippen LogP) is 4.52. The quantitative estimate of drug-likeness (QED) is 0.578. The van der Waals surface area contributed by atoms with E-state index in [4.69, 9.17) is 0 Å². The fourth-order valence-electron chi connectivity index (χ4n) is 3.02. The lowest BCUT2D eigenvalue weighted by Crippen LogP contribution is -2.14. The lowest BCUT2D eigenvalue weighted by Gasteiger charge is -2.11. The number of aliphatic imine (C=N–C) groups is 1. The van der Waals surface area contributed by atoms with Crippen molar-refractivity contribution in [2.24, 2.45) is 4.99 Å². The van der Waals surface area contributed by atoms with Gasteiger partial charge in [-0.25, -0.2) is 0 Å². The number of nitrogens with zero attached hydrogens (tertiary/aromatic N) is 2. The number of carbonyl (C=O) groups is 1. The number of halogens is 3. The highest BCUT2D eigenvalue weighted by atomic mass is 19.4. The number of nitrogens with one attached hydrogen (secondary N) is 1. The summed E-state index contributed by atoms with van der Waals surface area (Å²) in [6.07, 6.45) is 2.78. The Kier molecular flexibility index (Phi) is 4.84. The number of allylic oxidation sites excluding steroid dienone is 2. The second-order valence-electron chi connectivity index (χ2n) is 6.69. The van der Waals surface area contributed by atoms with E-state index in [1.165, 1.54) is 12.1 Å². The largest absolute Gasteiger partial charge is 0.416 e. The topological polar surface area (TPSA) is 44.5 Å². The maximum Gasteiger partial charge on any atom is 0.416 e. The van der Waals surface area contributed by atoms with E-state index >= 15 is 0 Å². The van der Waals surface area contributed by atoms with Crippen molar-refractivity contribution in [3.05, 3.63) is 88.9 Å². The molecule has 2 aliphatic heterocycles. The van der Waals surface area contributed by atoms with Crippen LogP contribution in [0.1, 0.15) is 27.0 Å². The number of benzene rings is 2. The van der Waals surface area contributed by atoms with Gasteiger partial charge in [0.2, 0.25) is 5.71 Å². The van der Waals surface area contributed by atoms with E-state index in [1.54, 1.807) is 31.3 Å². The number of aryl methyl sites for hydroxylation is 1. The average molecular weight is 406 g/mol. The Bertz CT molecular complexity index is 1240. The normalized spacial score (nSPS) is 14.3. The number of anilines is 1. The fraction of sp³-hybridized carbons (Fsp3) is 0.0870. The first-order valence-corrected chi connectivity index (χ1v) is 9.01. The van der Waals surface area contributed by atoms with Crippen molar-refractivity contribution in [1.82, 2.24) is 0 Å². The Morgan fingerprint density at radius 3 is 2.77 bits per heavy atom. The Morgan fingerprint density at radius 2 is 1.97 bits per heavy atom. The minimum absolute atomic E-state index is 0.0728. The van der Waals surface area contributed by atoms with Crippen molar-refractivity contribution in [2.75, 3.05) is 5.32 Å². The highest BCUT2D eigenvalue weighted by molar-refractivity contribution is 6.37. The number of hydrogen-bond donors (Lipinski definition) is 1. The summed E-state index contributed by atoms with van der Waals surface area (Å²) in [6.45, 7) is 1.75. The van der Waals surface area contributed by atoms with Crippen LogP contribution in [0.5, 0.6) is 0 Å². The molecule has 4 nitrogen and oxygen atoms in total. The maximum absolute atomic E-state index is 12.9. The van der Waals surface area contributed by atoms with E-state index in [-0.39, 0.29) is 5.69 Å². The van der Waals surface area contributed by atoms with Gasteiger partial charge in [-0.3, -0.25) is 4.79 Å². The smallest absolute Gasteiger partial charge is 0.322 e. The molecule has 0 radical (unpaired) electrons. The zero-order chi connectivity index (χ0) is 21.3. The molecule has 0 aliphatic carbocycles. The van der Waals surface area contributed by atoms with Crippen LogP contribution in [0.4, 0.5) is 18.9 Å². The van der Waals surface area contributed by atoms with Crippen LogP contribution in [0.25, 0.3) is 0 Å². The summed E-state index contributed by atoms with van der Waals surface area (Å²) in [7, 11) is 0. The third-order valence-corrected chi connectivity index (χ3v) is 4.57. The van der Waals surface area contributed by atoms with E-state index in [1.807, 2.05) is 22.9 Å². The number of hydrogen-bond acceptors (Lipinski definition) is 2. The number of carbonyl (C=O) groups excluding carboxylic acids is 1. The number of fused-ring (bicyclic) bond motifs is 1. The molecule has 148 valence electrons. The van der Waals surface area contributed by atoms with Crippen LogP contribution in [-0.4, -0.2) is 22.4 Å². The van der Waals surface area contributed by atoms with Gasteiger partial charge in [0.1, 0.15) is 0 Å². The molecule has 1 N–H and O–H groups in total. The van der Waals surface area contributed by atoms with E-state index in [9.17, 15) is 18.0 Å². The zero-order valence-electron chi connectivity index (χ0n) is 15.8. The molecule has 0 spiro atoms. The summed E-state index contributed by atoms with van der Waals surface area (Å²) in [4.78, 5) is 16.9. The highest BCUT2D eigenvalue weighted by Crippen LogP contribution is 2.30. The summed E-state index contributed by atoms with van der Waals surface area (Å²) in [6, 6.07) is 9.68. The Hall–Kier alpha value is -3.92. The van der Waals surface area contributed by atoms with Gasteiger partial charge in [0.25, 0.3) is 5.91 Å². The van der Waals surface area contributed by atoms with Crippen LogP contribution in [-0.2, 0) is 6.18 Å². The number of rotatable bonds is 2. The van der Waals surface area contributed by atoms with E-state index in [2.05, 4.69) is 22.2 Å². The summed E-state index contributed by atoms with van der Waals surface area (Å²) < 4.78 is 40.5. The molecule has 4 rings (SSSR count). The Morgan fingerprint density at radius 1 is 1.13 bits per heavy atom. The van der Waals surface area contributed by atoms with Gasteiger partial charge in [-0.05, 0) is 59.8 Å². The standard InChI is InChI=1S/C23H14F3N3O/c1-15-7-8-16(9-10-19-14-27-21-6-3-11-29(19)21)12-20(15)22(30)28-18-5-2-4-17(13-18)23(24,25)26/h2-8,11-14H,1H3/p+1. The molecule has 0 unspecified atom stereocenters. The minimum atomic E-state index is -4.48. The summed E-state index contributed by atoms with van der Waals surface area (Å²) in [5, 5.41) is 2.53. The summed E-state index contributed by atoms with van der Waals surface area (Å²) in [5.41, 5.74) is 1.60. The van der Waals surface area contributed by atoms with Crippen LogP contribution < -0.4 is 5.32 Å². The second-order valence-corrected chi connectivity index (χ2v) is 6.69. The molecule has 2 aromatic carbocycles. The van der Waals surface area contributed by atoms with Crippen LogP contribution >= 0.6 is 0 Å². The SMILES string of the molecule is Cc1ccc(C#CC2=[N+]3C=CC=C3N=C2)cc1C(=O)Nc1cccc(C(F)(F)F)c1. The van der Waals surface area contributed by atoms with Crippen LogP contribution in [0, 0.1) is 18.8 Å². The zero-order valence-corrected chi connectivity index (χ0v) is 15.8. The van der Waals surface area contributed by atoms with Crippen LogP contribution in [0.3, 0.4) is 0 Å². The molecule has 0 atom stereocenters. The molecular formula is C23H15F3N3O+. The van der Waals surface area contributed by atoms with Crippen molar-refractivity contribution >= 4 is 23.5 Å². The molecule has 0 saturated carbocycles. The van der Waals surface area contributed by atoms with Crippen molar-refractivity contribution in [3.8, 4) is 11.8 Å². The van der Waals surface area contributed by atoms with E-state index in [0.29, 0.717) is 22.4 Å². The molecular weight excluding hydrogens is 391 g/mol. The highest BCUT2D eigenvalue weighted by Gasteiger charge is 2.30. The minimum Gasteiger partial charge on any atom is -0.322 e. The number of alkyl halides is 3. The molecule has 0 saturated heterocycles. The fourth-order valence-corrected chi connectivity index (χ4v) is 3.02. The van der Waals surface area contributed by atoms with Crippen molar-refractivity contribution in [3.63, 3.8) is 0 Å². The van der Waals surface area contributed by atoms with Gasteiger partial charge in [0.15, 0.2) is 6.21 Å². The molecule has 1 amide bonds. The van der Waals surface area contributed by atoms with Crippen LogP contribution in [0.15, 0.2) is 71.6 Å². The van der Waals surface area contributed by atoms with Gasteiger partial charge in [-0.2, -0.15) is 17.7 Å². The lowest BCUT2D eigenvalue weighted by molar-refractivity contribution is -0.390. The molecule has 0 fully saturated rings. The molecule has 2 aromatic rings. The number of amides is 1. The monoisotopic (exact) mass is 406 g/mol. The van der Waals surface area contributed by atoms with Gasteiger partial charge in [0, 0.05) is 22.9 Å². The van der Waals surface area contributed by atoms with Gasteiger partial charge >= 0.3 is 12.0 Å². The Balaban J connectivity index is 1.57. The van der Waals surface area contributed by atoms with E-state index < -0.39 is 17.6 Å². The molecule has 7 heteroatoms. The maximum atomic E-state index is 12.9. The van der Waals surface area contributed by atoms with Gasteiger partial charge in [-0.15, -0.1) is 0 Å². The van der Waals surface area contributed by atoms with Crippen LogP contribution in [0.2, 0.25) is 0 Å². The first-order chi connectivity index (χ1) is 14.3. The van der Waals surface area contributed by atoms with Crippen molar-refractivity contribution < 1.29 is 22.5 Å². The third kappa shape index (κ3) is 3.94. The first kappa shape index (κ1) is 19.4. The summed E-state index contributed by atoms with van der Waals surface area (Å²) in [5.74, 6) is 6.32. The third-order valence-electron chi connectivity index (χ3n) is 4.57. The van der Waals surface area contributed by atoms with Crippen molar-refractivity contribution in [2.45, 2.75) is 13.1 Å². The summed E-state index contributed by atoms with van der Waals surface area (Å²) >= 11 is 0. The van der Waals surface area contributed by atoms with Gasteiger partial charge in [-0.1, -0.05) is 18.1 Å². The van der Waals surface area contributed by atoms with Gasteiger partial charge in [0.05, 0.1) is 11.8 Å². The molecule has 2 heterocycles. The van der Waals surface area contributed by atoms with Crippen molar-refractivity contribution in [1.29, 1.82) is 0 Å². The molecule has 0 bridgehead atoms. The van der Waals surface area contributed by atoms with E-state index in [0.717, 1.165) is 18.0 Å². The molecule has 30 heavy (non-hydrogen) atoms. The molecule has 2 aliphatic rings. The second kappa shape index (κ2) is 7.48. The predicted molar refractivity (Wildman–Crippen MR) is 108 cm³/mol. The lowest BCUT2D eigenvalue weighted by atomic mass is 10.0. The van der Waals surface area contributed by atoms with Gasteiger partial charge < -0.3 is 5.32 Å².